The molecule has 0 saturated carbocycles. The molecule has 132 valence electrons. The molecule has 0 radical (unpaired) electrons. The van der Waals surface area contributed by atoms with Gasteiger partial charge in [0.05, 0.1) is 11.4 Å². The van der Waals surface area contributed by atoms with Gasteiger partial charge in [0.1, 0.15) is 5.03 Å². The highest BCUT2D eigenvalue weighted by molar-refractivity contribution is 7.99. The number of hydrogen-bond acceptors (Lipinski definition) is 4. The van der Waals surface area contributed by atoms with Crippen molar-refractivity contribution in [2.24, 2.45) is 0 Å². The smallest absolute Gasteiger partial charge is 0.234 e. The summed E-state index contributed by atoms with van der Waals surface area (Å²) in [4.78, 5) is 12.0. The van der Waals surface area contributed by atoms with Gasteiger partial charge in [-0.2, -0.15) is 0 Å². The van der Waals surface area contributed by atoms with Crippen molar-refractivity contribution in [2.75, 3.05) is 11.1 Å². The van der Waals surface area contributed by atoms with Crippen molar-refractivity contribution >= 4 is 35.0 Å². The minimum Gasteiger partial charge on any atom is -0.325 e. The third kappa shape index (κ3) is 4.84. The van der Waals surface area contributed by atoms with Crippen molar-refractivity contribution in [3.63, 3.8) is 0 Å². The Balaban J connectivity index is 1.61. The van der Waals surface area contributed by atoms with Crippen LogP contribution in [-0.2, 0) is 4.79 Å². The maximum atomic E-state index is 12.0. The molecule has 1 amide bonds. The van der Waals surface area contributed by atoms with Gasteiger partial charge in [-0.1, -0.05) is 47.1 Å². The number of halogens is 1. The molecular formula is C20H18ClN3OS. The van der Waals surface area contributed by atoms with Gasteiger partial charge in [-0.3, -0.25) is 4.79 Å². The zero-order chi connectivity index (χ0) is 18.5. The van der Waals surface area contributed by atoms with Gasteiger partial charge in [-0.05, 0) is 55.8 Å². The maximum Gasteiger partial charge on any atom is 0.234 e. The van der Waals surface area contributed by atoms with Crippen molar-refractivity contribution < 1.29 is 4.79 Å². The molecule has 0 atom stereocenters. The highest BCUT2D eigenvalue weighted by Crippen LogP contribution is 2.24. The second-order valence-corrected chi connectivity index (χ2v) is 7.35. The van der Waals surface area contributed by atoms with E-state index >= 15 is 0 Å². The van der Waals surface area contributed by atoms with E-state index in [2.05, 4.69) is 47.6 Å². The van der Waals surface area contributed by atoms with E-state index in [1.165, 1.54) is 17.3 Å². The summed E-state index contributed by atoms with van der Waals surface area (Å²) in [5.41, 5.74) is 4.93. The number of carbonyl (C=O) groups is 1. The number of thioether (sulfide) groups is 1. The number of benzene rings is 2. The molecule has 0 unspecified atom stereocenters. The number of nitrogens with one attached hydrogen (secondary N) is 1. The van der Waals surface area contributed by atoms with Crippen molar-refractivity contribution in [1.82, 2.24) is 10.2 Å². The lowest BCUT2D eigenvalue weighted by molar-refractivity contribution is -0.113. The number of aryl methyl sites for hydroxylation is 2. The fourth-order valence-electron chi connectivity index (χ4n) is 2.46. The molecule has 0 aliphatic rings. The van der Waals surface area contributed by atoms with Crippen LogP contribution < -0.4 is 5.32 Å². The standard InChI is InChI=1S/C20H18ClN3OS/c1-13-6-7-14(2)17(10-13)18-8-9-20(24-23-18)26-12-19(25)22-16-5-3-4-15(21)11-16/h3-11H,12H2,1-2H3,(H,22,25). The number of carbonyl (C=O) groups excluding carboxylic acids is 1. The van der Waals surface area contributed by atoms with Gasteiger partial charge >= 0.3 is 0 Å². The molecule has 0 spiro atoms. The molecule has 3 aromatic rings. The monoisotopic (exact) mass is 383 g/mol. The molecule has 26 heavy (non-hydrogen) atoms. The molecule has 0 aliphatic carbocycles. The molecule has 6 heteroatoms. The van der Waals surface area contributed by atoms with Crippen LogP contribution in [-0.4, -0.2) is 21.9 Å². The Bertz CT molecular complexity index is 929. The predicted molar refractivity (Wildman–Crippen MR) is 108 cm³/mol. The van der Waals surface area contributed by atoms with Crippen LogP contribution in [0.5, 0.6) is 0 Å². The first-order valence-corrected chi connectivity index (χ1v) is 9.47. The fourth-order valence-corrected chi connectivity index (χ4v) is 3.26. The lowest BCUT2D eigenvalue weighted by atomic mass is 10.0. The van der Waals surface area contributed by atoms with Crippen LogP contribution in [0, 0.1) is 13.8 Å². The first-order valence-electron chi connectivity index (χ1n) is 8.11. The molecule has 1 aromatic heterocycles. The predicted octanol–water partition coefficient (Wildman–Crippen LogP) is 5.14. The number of aromatic nitrogens is 2. The van der Waals surface area contributed by atoms with Crippen LogP contribution in [0.1, 0.15) is 11.1 Å². The zero-order valence-corrected chi connectivity index (χ0v) is 16.1. The Labute approximate surface area is 162 Å². The van der Waals surface area contributed by atoms with E-state index in [1.807, 2.05) is 12.1 Å². The maximum absolute atomic E-state index is 12.0. The largest absolute Gasteiger partial charge is 0.325 e. The Morgan fingerprint density at radius 2 is 1.92 bits per heavy atom. The van der Waals surface area contributed by atoms with Crippen LogP contribution in [0.4, 0.5) is 5.69 Å². The average Bonchev–Trinajstić information content (AvgIpc) is 2.62. The van der Waals surface area contributed by atoms with Gasteiger partial charge in [0.15, 0.2) is 0 Å². The molecule has 3 rings (SSSR count). The summed E-state index contributed by atoms with van der Waals surface area (Å²) in [6, 6.07) is 17.2. The second-order valence-electron chi connectivity index (χ2n) is 5.92. The van der Waals surface area contributed by atoms with E-state index in [-0.39, 0.29) is 11.7 Å². The van der Waals surface area contributed by atoms with E-state index in [0.717, 1.165) is 16.8 Å². The fraction of sp³-hybridized carbons (Fsp3) is 0.150. The molecular weight excluding hydrogens is 366 g/mol. The number of anilines is 1. The summed E-state index contributed by atoms with van der Waals surface area (Å²) in [6.07, 6.45) is 0. The SMILES string of the molecule is Cc1ccc(C)c(-c2ccc(SCC(=O)Nc3cccc(Cl)c3)nn2)c1. The Morgan fingerprint density at radius 1 is 1.08 bits per heavy atom. The molecule has 2 aromatic carbocycles. The van der Waals surface area contributed by atoms with Crippen molar-refractivity contribution in [2.45, 2.75) is 18.9 Å². The third-order valence-electron chi connectivity index (χ3n) is 3.77. The van der Waals surface area contributed by atoms with Crippen LogP contribution in [0.25, 0.3) is 11.3 Å². The lowest BCUT2D eigenvalue weighted by Gasteiger charge is -2.07. The lowest BCUT2D eigenvalue weighted by Crippen LogP contribution is -2.14. The quantitative estimate of drug-likeness (QED) is 0.619. The van der Waals surface area contributed by atoms with E-state index in [1.54, 1.807) is 24.3 Å². The molecule has 0 fully saturated rings. The summed E-state index contributed by atoms with van der Waals surface area (Å²) in [7, 11) is 0. The molecule has 1 N–H and O–H groups in total. The van der Waals surface area contributed by atoms with Crippen LogP contribution in [0.3, 0.4) is 0 Å². The molecule has 0 saturated heterocycles. The van der Waals surface area contributed by atoms with E-state index in [4.69, 9.17) is 11.6 Å². The van der Waals surface area contributed by atoms with E-state index in [9.17, 15) is 4.79 Å². The van der Waals surface area contributed by atoms with Gasteiger partial charge in [-0.25, -0.2) is 0 Å². The van der Waals surface area contributed by atoms with Gasteiger partial charge in [0, 0.05) is 16.3 Å². The summed E-state index contributed by atoms with van der Waals surface area (Å²) < 4.78 is 0. The van der Waals surface area contributed by atoms with Gasteiger partial charge in [0.25, 0.3) is 0 Å². The van der Waals surface area contributed by atoms with Gasteiger partial charge in [0.2, 0.25) is 5.91 Å². The number of amides is 1. The minimum atomic E-state index is -0.113. The van der Waals surface area contributed by atoms with Crippen molar-refractivity contribution in [1.29, 1.82) is 0 Å². The number of nitrogens with zero attached hydrogens (tertiary/aromatic N) is 2. The van der Waals surface area contributed by atoms with Crippen LogP contribution >= 0.6 is 23.4 Å². The van der Waals surface area contributed by atoms with Crippen molar-refractivity contribution in [3.05, 3.63) is 70.7 Å². The van der Waals surface area contributed by atoms with Gasteiger partial charge < -0.3 is 5.32 Å². The first-order chi connectivity index (χ1) is 12.5. The highest BCUT2D eigenvalue weighted by Gasteiger charge is 2.08. The first kappa shape index (κ1) is 18.4. The molecule has 4 nitrogen and oxygen atoms in total. The highest BCUT2D eigenvalue weighted by atomic mass is 35.5. The Hall–Kier alpha value is -2.37. The summed E-state index contributed by atoms with van der Waals surface area (Å²) in [5, 5.41) is 12.6. The summed E-state index contributed by atoms with van der Waals surface area (Å²) >= 11 is 7.26. The van der Waals surface area contributed by atoms with E-state index in [0.29, 0.717) is 15.7 Å². The zero-order valence-electron chi connectivity index (χ0n) is 14.5. The Kier molecular flexibility index (Phi) is 5.91. The molecule has 1 heterocycles. The van der Waals surface area contributed by atoms with Gasteiger partial charge in [-0.15, -0.1) is 10.2 Å². The topological polar surface area (TPSA) is 54.9 Å². The van der Waals surface area contributed by atoms with E-state index < -0.39 is 0 Å². The summed E-state index contributed by atoms with van der Waals surface area (Å²) in [6.45, 7) is 4.11. The average molecular weight is 384 g/mol. The van der Waals surface area contributed by atoms with Crippen molar-refractivity contribution in [3.8, 4) is 11.3 Å². The third-order valence-corrected chi connectivity index (χ3v) is 4.92. The summed E-state index contributed by atoms with van der Waals surface area (Å²) in [5.74, 6) is 0.141. The number of rotatable bonds is 5. The van der Waals surface area contributed by atoms with Crippen LogP contribution in [0.15, 0.2) is 59.6 Å². The number of hydrogen-bond donors (Lipinski definition) is 1. The molecule has 0 bridgehead atoms. The Morgan fingerprint density at radius 3 is 2.65 bits per heavy atom. The minimum absolute atomic E-state index is 0.113. The second kappa shape index (κ2) is 8.34. The van der Waals surface area contributed by atoms with Crippen LogP contribution in [0.2, 0.25) is 5.02 Å². The molecule has 0 aliphatic heterocycles. The normalized spacial score (nSPS) is 10.6.